The molecule has 342 valence electrons. The van der Waals surface area contributed by atoms with Crippen molar-refractivity contribution >= 4 is 97.0 Å². The van der Waals surface area contributed by atoms with E-state index in [9.17, 15) is 0 Å². The van der Waals surface area contributed by atoms with Gasteiger partial charge in [0.15, 0.2) is 0 Å². The van der Waals surface area contributed by atoms with Gasteiger partial charge in [0, 0.05) is 11.8 Å². The third kappa shape index (κ3) is 6.19. The maximum absolute atomic E-state index is 4.93. The quantitative estimate of drug-likeness (QED) is 0.161. The van der Waals surface area contributed by atoms with Crippen molar-refractivity contribution in [2.45, 2.75) is 105 Å². The Morgan fingerprint density at radius 1 is 0.286 bits per heavy atom. The molecule has 0 atom stereocenters. The molecule has 13 rings (SSSR count). The first-order valence-electron chi connectivity index (χ1n) is 25.4. The van der Waals surface area contributed by atoms with Gasteiger partial charge in [0.25, 0.3) is 0 Å². The van der Waals surface area contributed by atoms with Gasteiger partial charge in [0.1, 0.15) is 0 Å². The molecule has 12 aromatic carbocycles. The Hall–Kier alpha value is -7.09. The predicted octanol–water partition coefficient (Wildman–Crippen LogP) is 20.0. The minimum atomic E-state index is -0.0676. The van der Waals surface area contributed by atoms with E-state index in [1.807, 2.05) is 12.3 Å². The van der Waals surface area contributed by atoms with Crippen molar-refractivity contribution in [3.8, 4) is 33.5 Å². The summed E-state index contributed by atoms with van der Waals surface area (Å²) in [5.41, 5.74) is 12.5. The van der Waals surface area contributed by atoms with Gasteiger partial charge in [-0.15, -0.1) is 0 Å². The molecule has 0 spiro atoms. The van der Waals surface area contributed by atoms with Crippen LogP contribution in [-0.2, 0) is 21.7 Å². The van der Waals surface area contributed by atoms with Crippen LogP contribution in [0, 0.1) is 0 Å². The number of rotatable bonds is 3. The van der Waals surface area contributed by atoms with Gasteiger partial charge in [-0.05, 0) is 193 Å². The Morgan fingerprint density at radius 3 is 1.33 bits per heavy atom. The van der Waals surface area contributed by atoms with Crippen LogP contribution < -0.4 is 0 Å². The van der Waals surface area contributed by atoms with Gasteiger partial charge in [-0.1, -0.05) is 198 Å². The van der Waals surface area contributed by atoms with Crippen molar-refractivity contribution in [2.24, 2.45) is 0 Å². The van der Waals surface area contributed by atoms with E-state index in [0.29, 0.717) is 0 Å². The van der Waals surface area contributed by atoms with Gasteiger partial charge >= 0.3 is 0 Å². The third-order valence-corrected chi connectivity index (χ3v) is 16.1. The summed E-state index contributed by atoms with van der Waals surface area (Å²) in [5, 5.41) is 23.8. The molecule has 0 N–H and O–H groups in total. The first-order valence-corrected chi connectivity index (χ1v) is 25.4. The minimum Gasteiger partial charge on any atom is -0.256 e. The van der Waals surface area contributed by atoms with Crippen molar-refractivity contribution in [3.63, 3.8) is 0 Å². The molecule has 0 amide bonds. The third-order valence-electron chi connectivity index (χ3n) is 16.1. The van der Waals surface area contributed by atoms with Crippen LogP contribution in [0.15, 0.2) is 152 Å². The number of pyridine rings is 1. The topological polar surface area (TPSA) is 12.9 Å². The van der Waals surface area contributed by atoms with E-state index in [0.717, 1.165) is 11.3 Å². The van der Waals surface area contributed by atoms with Crippen LogP contribution in [0.1, 0.15) is 105 Å². The molecule has 70 heavy (non-hydrogen) atoms. The zero-order valence-corrected chi connectivity index (χ0v) is 42.9. The number of hydrogen-bond acceptors (Lipinski definition) is 1. The normalized spacial score (nSPS) is 13.4. The predicted molar refractivity (Wildman–Crippen MR) is 306 cm³/mol. The highest BCUT2D eigenvalue weighted by atomic mass is 14.7. The molecule has 0 aliphatic rings. The van der Waals surface area contributed by atoms with Gasteiger partial charge < -0.3 is 0 Å². The maximum atomic E-state index is 4.93. The molecule has 0 radical (unpaired) electrons. The van der Waals surface area contributed by atoms with E-state index < -0.39 is 0 Å². The monoisotopic (exact) mass is 903 g/mol. The minimum absolute atomic E-state index is 0.0667. The van der Waals surface area contributed by atoms with Gasteiger partial charge in [0.2, 0.25) is 0 Å². The van der Waals surface area contributed by atoms with Gasteiger partial charge in [-0.2, -0.15) is 0 Å². The highest BCUT2D eigenvalue weighted by Crippen LogP contribution is 2.56. The van der Waals surface area contributed by atoms with E-state index in [1.54, 1.807) is 0 Å². The van der Waals surface area contributed by atoms with E-state index in [1.165, 1.54) is 141 Å². The van der Waals surface area contributed by atoms with Crippen LogP contribution in [0.25, 0.3) is 130 Å². The summed E-state index contributed by atoms with van der Waals surface area (Å²) < 4.78 is 0. The molecule has 0 aliphatic carbocycles. The molecule has 0 fully saturated rings. The van der Waals surface area contributed by atoms with E-state index in [2.05, 4.69) is 223 Å². The summed E-state index contributed by atoms with van der Waals surface area (Å²) in [7, 11) is 0. The fourth-order valence-electron chi connectivity index (χ4n) is 12.2. The molecule has 1 nitrogen and oxygen atoms in total. The SMILES string of the molecule is CC(C)(C)c1cc(-c2c3cc4c(cc3c(-c3cc(C(C)(C)C)cc(C(C)(C)C)c3)c3c5cccc6c(-c7ccccn7)ccc(c23)c65)c2cc3cccc5ccc6ccc4c2c6c53)cc(C(C)(C)C)c1. The second-order valence-corrected chi connectivity index (χ2v) is 24.8. The summed E-state index contributed by atoms with van der Waals surface area (Å²) in [6.07, 6.45) is 1.92. The maximum Gasteiger partial charge on any atom is 0.0708 e. The summed E-state index contributed by atoms with van der Waals surface area (Å²) in [5.74, 6) is 0. The van der Waals surface area contributed by atoms with Crippen LogP contribution >= 0.6 is 0 Å². The number of nitrogens with zero attached hydrogens (tertiary/aromatic N) is 1. The summed E-state index contributed by atoms with van der Waals surface area (Å²) in [4.78, 5) is 4.93. The van der Waals surface area contributed by atoms with Crippen molar-refractivity contribution in [2.75, 3.05) is 0 Å². The molecule has 1 heterocycles. The van der Waals surface area contributed by atoms with E-state index in [-0.39, 0.29) is 21.7 Å². The lowest BCUT2D eigenvalue weighted by atomic mass is 9.76. The van der Waals surface area contributed by atoms with E-state index >= 15 is 0 Å². The average molecular weight is 904 g/mol. The largest absolute Gasteiger partial charge is 0.256 e. The summed E-state index contributed by atoms with van der Waals surface area (Å²) in [6, 6.07) is 57.1. The molecule has 13 aromatic rings. The van der Waals surface area contributed by atoms with E-state index in [4.69, 9.17) is 4.98 Å². The Bertz CT molecular complexity index is 4220. The molecular formula is C69H61N. The number of fused-ring (bicyclic) bond motifs is 7. The zero-order chi connectivity index (χ0) is 48.6. The first-order chi connectivity index (χ1) is 33.2. The Labute approximate surface area is 412 Å². The van der Waals surface area contributed by atoms with Crippen molar-refractivity contribution in [3.05, 3.63) is 174 Å². The molecule has 1 heteroatoms. The summed E-state index contributed by atoms with van der Waals surface area (Å²) in [6.45, 7) is 28.4. The lowest BCUT2D eigenvalue weighted by molar-refractivity contribution is 0.568. The van der Waals surface area contributed by atoms with Gasteiger partial charge in [-0.3, -0.25) is 4.98 Å². The Kier molecular flexibility index (Phi) is 8.75. The van der Waals surface area contributed by atoms with Crippen molar-refractivity contribution in [1.29, 1.82) is 0 Å². The lowest BCUT2D eigenvalue weighted by Crippen LogP contribution is -2.16. The van der Waals surface area contributed by atoms with Crippen LogP contribution in [0.4, 0.5) is 0 Å². The first kappa shape index (κ1) is 43.0. The number of benzene rings is 10. The smallest absolute Gasteiger partial charge is 0.0708 e. The molecule has 0 unspecified atom stereocenters. The molecule has 0 aliphatic heterocycles. The Balaban J connectivity index is 1.33. The fraction of sp³-hybridized carbons (Fsp3) is 0.232. The molecule has 0 saturated carbocycles. The Morgan fingerprint density at radius 2 is 0.771 bits per heavy atom. The molecule has 1 aromatic heterocycles. The highest BCUT2D eigenvalue weighted by molar-refractivity contribution is 6.44. The molecule has 0 bridgehead atoms. The zero-order valence-electron chi connectivity index (χ0n) is 42.9. The van der Waals surface area contributed by atoms with Gasteiger partial charge in [0.05, 0.1) is 5.69 Å². The standard InChI is InChI=1S/C69H61N/c1-66(2,3)43-29-41(30-44(34-43)67(4,5)6)59-56-37-53-52(49-25-24-39-23-22-38-17-15-18-40-33-54(53)63(49)61(39)58(38)40)36-55(56)60(42-31-45(68(7,8)9)35-46(32-42)69(10,11)12)65-51-27-26-47(57-21-13-14-28-70-57)48-19-16-20-50(62(48)51)64(59)65/h13-37H,1-12H3. The number of hydrogen-bond donors (Lipinski definition) is 0. The lowest BCUT2D eigenvalue weighted by Gasteiger charge is -2.28. The van der Waals surface area contributed by atoms with Gasteiger partial charge in [-0.25, -0.2) is 0 Å². The molecular weight excluding hydrogens is 843 g/mol. The van der Waals surface area contributed by atoms with Crippen molar-refractivity contribution in [1.82, 2.24) is 4.98 Å². The summed E-state index contributed by atoms with van der Waals surface area (Å²) >= 11 is 0. The second-order valence-electron chi connectivity index (χ2n) is 24.8. The van der Waals surface area contributed by atoms with Crippen LogP contribution in [0.5, 0.6) is 0 Å². The number of aromatic nitrogens is 1. The highest BCUT2D eigenvalue weighted by Gasteiger charge is 2.30. The van der Waals surface area contributed by atoms with Crippen LogP contribution in [-0.4, -0.2) is 4.98 Å². The molecule has 0 saturated heterocycles. The fourth-order valence-corrected chi connectivity index (χ4v) is 12.2. The average Bonchev–Trinajstić information content (AvgIpc) is 3.82. The van der Waals surface area contributed by atoms with Crippen LogP contribution in [0.3, 0.4) is 0 Å². The second kappa shape index (κ2) is 14.3. The van der Waals surface area contributed by atoms with Crippen LogP contribution in [0.2, 0.25) is 0 Å². The van der Waals surface area contributed by atoms with Crippen molar-refractivity contribution < 1.29 is 0 Å².